The van der Waals surface area contributed by atoms with Crippen LogP contribution in [0.15, 0.2) is 22.6 Å². The van der Waals surface area contributed by atoms with Gasteiger partial charge in [-0.05, 0) is 56.2 Å². The van der Waals surface area contributed by atoms with Gasteiger partial charge in [-0.25, -0.2) is 0 Å². The molecule has 6 rings (SSSR count). The summed E-state index contributed by atoms with van der Waals surface area (Å²) in [6.07, 6.45) is 5.13. The Bertz CT molecular complexity index is 779. The van der Waals surface area contributed by atoms with E-state index in [-0.39, 0.29) is 0 Å². The molecule has 3 aliphatic heterocycles. The van der Waals surface area contributed by atoms with Gasteiger partial charge in [-0.3, -0.25) is 4.90 Å². The molecule has 1 aliphatic carbocycles. The number of methoxy groups -OCH3 is 1. The lowest BCUT2D eigenvalue weighted by atomic mass is 9.65. The van der Waals surface area contributed by atoms with Gasteiger partial charge in [0.25, 0.3) is 0 Å². The molecule has 4 heterocycles. The lowest BCUT2D eigenvalue weighted by Crippen LogP contribution is -2.58. The third-order valence-electron chi connectivity index (χ3n) is 6.93. The van der Waals surface area contributed by atoms with Crippen LogP contribution in [0.4, 0.5) is 0 Å². The van der Waals surface area contributed by atoms with Crippen molar-refractivity contribution in [2.24, 2.45) is 11.8 Å². The van der Waals surface area contributed by atoms with Crippen LogP contribution >= 0.6 is 0 Å². The van der Waals surface area contributed by atoms with Crippen LogP contribution in [0.5, 0.6) is 5.75 Å². The predicted octanol–water partition coefficient (Wildman–Crippen LogP) is 4.59. The van der Waals surface area contributed by atoms with Crippen molar-refractivity contribution >= 4 is 11.0 Å². The van der Waals surface area contributed by atoms with E-state index in [1.807, 2.05) is 6.07 Å². The van der Waals surface area contributed by atoms with Crippen LogP contribution in [0.25, 0.3) is 11.0 Å². The number of ether oxygens (including phenoxy) is 1. The van der Waals surface area contributed by atoms with E-state index in [9.17, 15) is 0 Å². The lowest BCUT2D eigenvalue weighted by Gasteiger charge is -2.54. The van der Waals surface area contributed by atoms with E-state index in [0.29, 0.717) is 18.0 Å². The molecular formula is C21H27NO2. The van der Waals surface area contributed by atoms with Crippen molar-refractivity contribution in [1.29, 1.82) is 0 Å². The molecule has 4 bridgehead atoms. The van der Waals surface area contributed by atoms with E-state index < -0.39 is 0 Å². The van der Waals surface area contributed by atoms with Gasteiger partial charge >= 0.3 is 0 Å². The highest BCUT2D eigenvalue weighted by Crippen LogP contribution is 2.53. The van der Waals surface area contributed by atoms with Crippen molar-refractivity contribution in [3.8, 4) is 5.75 Å². The second-order valence-electron chi connectivity index (χ2n) is 8.16. The summed E-state index contributed by atoms with van der Waals surface area (Å²) in [6, 6.07) is 7.55. The van der Waals surface area contributed by atoms with Gasteiger partial charge in [0.05, 0.1) is 7.11 Å². The summed E-state index contributed by atoms with van der Waals surface area (Å²) in [5, 5.41) is 1.27. The molecule has 0 amide bonds. The summed E-state index contributed by atoms with van der Waals surface area (Å²) in [4.78, 5) is 2.82. The number of rotatable bonds is 2. The maximum Gasteiger partial charge on any atom is 0.134 e. The Labute approximate surface area is 144 Å². The molecule has 1 aromatic carbocycles. The second kappa shape index (κ2) is 5.26. The van der Waals surface area contributed by atoms with Gasteiger partial charge in [-0.15, -0.1) is 0 Å². The van der Waals surface area contributed by atoms with E-state index in [0.717, 1.165) is 29.6 Å². The first-order valence-corrected chi connectivity index (χ1v) is 9.54. The molecule has 128 valence electrons. The fourth-order valence-corrected chi connectivity index (χ4v) is 5.90. The summed E-state index contributed by atoms with van der Waals surface area (Å²) in [5.41, 5.74) is 2.49. The van der Waals surface area contributed by atoms with Crippen molar-refractivity contribution in [2.75, 3.05) is 13.7 Å². The Kier molecular flexibility index (Phi) is 3.25. The fraction of sp³-hybridized carbons (Fsp3) is 0.619. The minimum atomic E-state index is 0.584. The molecule has 3 nitrogen and oxygen atoms in total. The monoisotopic (exact) mass is 325 g/mol. The van der Waals surface area contributed by atoms with Crippen molar-refractivity contribution in [3.05, 3.63) is 29.5 Å². The van der Waals surface area contributed by atoms with Crippen molar-refractivity contribution < 1.29 is 9.15 Å². The van der Waals surface area contributed by atoms with Gasteiger partial charge in [-0.2, -0.15) is 0 Å². The first-order chi connectivity index (χ1) is 11.7. The van der Waals surface area contributed by atoms with Crippen LogP contribution in [-0.2, 0) is 6.42 Å². The third kappa shape index (κ3) is 1.94. The molecule has 4 aliphatic rings. The summed E-state index contributed by atoms with van der Waals surface area (Å²) < 4.78 is 11.9. The first kappa shape index (κ1) is 14.8. The highest BCUT2D eigenvalue weighted by atomic mass is 16.5. The van der Waals surface area contributed by atoms with E-state index >= 15 is 0 Å². The molecule has 1 aromatic heterocycles. The highest BCUT2D eigenvalue weighted by molar-refractivity contribution is 5.84. The average molecular weight is 325 g/mol. The average Bonchev–Trinajstić information content (AvgIpc) is 2.95. The standard InChI is InChI=1S/C21H27NO2/c1-4-14-8-13-9-18-20(14)22(11-13)12(2)7-17-16-10-15(23-3)5-6-19(16)24-21(17)18/h5-6,10,12-14,18,20H,4,7-9,11H2,1-3H3/t12-,13?,14?,18?,20?/m1/s1. The lowest BCUT2D eigenvalue weighted by molar-refractivity contribution is -0.0384. The summed E-state index contributed by atoms with van der Waals surface area (Å²) in [5.74, 6) is 4.49. The van der Waals surface area contributed by atoms with Crippen LogP contribution < -0.4 is 4.74 Å². The van der Waals surface area contributed by atoms with E-state index in [2.05, 4.69) is 30.9 Å². The zero-order valence-corrected chi connectivity index (χ0v) is 14.9. The number of benzene rings is 1. The third-order valence-corrected chi connectivity index (χ3v) is 6.93. The van der Waals surface area contributed by atoms with Gasteiger partial charge < -0.3 is 9.15 Å². The molecular weight excluding hydrogens is 298 g/mol. The molecule has 1 saturated carbocycles. The Morgan fingerprint density at radius 2 is 2.17 bits per heavy atom. The first-order valence-electron chi connectivity index (χ1n) is 9.54. The zero-order chi connectivity index (χ0) is 16.4. The number of piperidine rings is 2. The molecule has 3 heteroatoms. The van der Waals surface area contributed by atoms with Crippen molar-refractivity contribution in [2.45, 2.75) is 57.5 Å². The minimum Gasteiger partial charge on any atom is -0.497 e. The van der Waals surface area contributed by atoms with Crippen LogP contribution in [0.2, 0.25) is 0 Å². The van der Waals surface area contributed by atoms with Crippen LogP contribution in [0, 0.1) is 11.8 Å². The molecule has 6 atom stereocenters. The smallest absolute Gasteiger partial charge is 0.134 e. The topological polar surface area (TPSA) is 25.6 Å². The molecule has 24 heavy (non-hydrogen) atoms. The van der Waals surface area contributed by atoms with Crippen LogP contribution in [0.1, 0.15) is 50.4 Å². The van der Waals surface area contributed by atoms with E-state index in [4.69, 9.17) is 9.15 Å². The summed E-state index contributed by atoms with van der Waals surface area (Å²) >= 11 is 0. The molecule has 2 aromatic rings. The molecule has 2 saturated heterocycles. The number of fused-ring (bicyclic) bond motifs is 4. The van der Waals surface area contributed by atoms with Crippen molar-refractivity contribution in [3.63, 3.8) is 0 Å². The normalized spacial score (nSPS) is 37.3. The van der Waals surface area contributed by atoms with Crippen molar-refractivity contribution in [1.82, 2.24) is 4.90 Å². The van der Waals surface area contributed by atoms with Crippen LogP contribution in [0.3, 0.4) is 0 Å². The number of hydrogen-bond donors (Lipinski definition) is 0. The molecule has 5 unspecified atom stereocenters. The Hall–Kier alpha value is -1.48. The number of furan rings is 1. The Morgan fingerprint density at radius 1 is 1.29 bits per heavy atom. The fourth-order valence-electron chi connectivity index (χ4n) is 5.90. The Morgan fingerprint density at radius 3 is 2.96 bits per heavy atom. The van der Waals surface area contributed by atoms with E-state index in [1.54, 1.807) is 7.11 Å². The Balaban J connectivity index is 1.69. The highest BCUT2D eigenvalue weighted by Gasteiger charge is 2.51. The minimum absolute atomic E-state index is 0.584. The maximum absolute atomic E-state index is 6.47. The van der Waals surface area contributed by atoms with E-state index in [1.165, 1.54) is 42.5 Å². The molecule has 0 spiro atoms. The SMILES string of the molecule is CCC1CC2CC3c4oc5ccc(OC)cc5c4C[C@@H](C)N(C2)C13. The number of hydrogen-bond acceptors (Lipinski definition) is 3. The predicted molar refractivity (Wildman–Crippen MR) is 95.7 cm³/mol. The summed E-state index contributed by atoms with van der Waals surface area (Å²) in [7, 11) is 1.74. The maximum atomic E-state index is 6.47. The second-order valence-corrected chi connectivity index (χ2v) is 8.16. The molecule has 3 fully saturated rings. The van der Waals surface area contributed by atoms with Gasteiger partial charge in [-0.1, -0.05) is 13.3 Å². The van der Waals surface area contributed by atoms with Gasteiger partial charge in [0.2, 0.25) is 0 Å². The quantitative estimate of drug-likeness (QED) is 0.807. The van der Waals surface area contributed by atoms with Gasteiger partial charge in [0, 0.05) is 35.5 Å². The summed E-state index contributed by atoms with van der Waals surface area (Å²) in [6.45, 7) is 6.08. The van der Waals surface area contributed by atoms with Gasteiger partial charge in [0.1, 0.15) is 17.1 Å². The largest absolute Gasteiger partial charge is 0.497 e. The molecule has 0 radical (unpaired) electrons. The molecule has 0 N–H and O–H groups in total. The van der Waals surface area contributed by atoms with Crippen LogP contribution in [-0.4, -0.2) is 30.6 Å². The zero-order valence-electron chi connectivity index (χ0n) is 14.9. The number of nitrogens with zero attached hydrogens (tertiary/aromatic N) is 1. The van der Waals surface area contributed by atoms with Gasteiger partial charge in [0.15, 0.2) is 0 Å².